The molecule has 0 radical (unpaired) electrons. The van der Waals surface area contributed by atoms with Gasteiger partial charge in [-0.1, -0.05) is 5.21 Å². The number of imidazole rings is 1. The number of aryl methyl sites for hydroxylation is 1. The van der Waals surface area contributed by atoms with E-state index in [0.717, 1.165) is 59.2 Å². The maximum absolute atomic E-state index is 12.9. The molecule has 37 heavy (non-hydrogen) atoms. The van der Waals surface area contributed by atoms with Crippen LogP contribution in [0, 0.1) is 0 Å². The van der Waals surface area contributed by atoms with Crippen molar-refractivity contribution in [3.05, 3.63) is 53.1 Å². The van der Waals surface area contributed by atoms with Gasteiger partial charge < -0.3 is 9.88 Å². The number of hydrogen-bond donors (Lipinski definition) is 1. The van der Waals surface area contributed by atoms with Crippen molar-refractivity contribution in [1.82, 2.24) is 49.6 Å². The number of nitrogens with zero attached hydrogens (tertiary/aromatic N) is 9. The molecule has 5 heterocycles. The second-order valence-corrected chi connectivity index (χ2v) is 10.0. The predicted octanol–water partition coefficient (Wildman–Crippen LogP) is 3.72. The molecule has 0 spiro atoms. The van der Waals surface area contributed by atoms with Gasteiger partial charge in [0.2, 0.25) is 0 Å². The summed E-state index contributed by atoms with van der Waals surface area (Å²) in [6.45, 7) is 0. The number of carbonyl (C=O) groups is 1. The van der Waals surface area contributed by atoms with Gasteiger partial charge in [-0.25, -0.2) is 28.4 Å². The lowest BCUT2D eigenvalue weighted by Gasteiger charge is -2.31. The summed E-state index contributed by atoms with van der Waals surface area (Å²) in [6.07, 6.45) is 10.3. The number of fused-ring (bicyclic) bond motifs is 1. The molecule has 5 aromatic rings. The normalized spacial score (nSPS) is 18.1. The van der Waals surface area contributed by atoms with Gasteiger partial charge in [-0.15, -0.1) is 16.4 Å². The van der Waals surface area contributed by atoms with Gasteiger partial charge >= 0.3 is 0 Å². The fraction of sp³-hybridized carbons (Fsp3) is 0.348. The smallest absolute Gasteiger partial charge is 0.280 e. The molecule has 2 atom stereocenters. The highest BCUT2D eigenvalue weighted by molar-refractivity contribution is 7.13. The summed E-state index contributed by atoms with van der Waals surface area (Å²) in [5, 5.41) is 15.3. The first-order chi connectivity index (χ1) is 18.0. The summed E-state index contributed by atoms with van der Waals surface area (Å²) < 4.78 is 31.4. The van der Waals surface area contributed by atoms with Crippen LogP contribution in [0.2, 0.25) is 0 Å². The summed E-state index contributed by atoms with van der Waals surface area (Å²) in [5.74, 6) is 0.949. The van der Waals surface area contributed by atoms with Gasteiger partial charge in [-0.3, -0.25) is 9.48 Å². The van der Waals surface area contributed by atoms with Crippen LogP contribution >= 0.6 is 11.3 Å². The molecule has 0 saturated heterocycles. The van der Waals surface area contributed by atoms with E-state index in [1.807, 2.05) is 19.3 Å². The predicted molar refractivity (Wildman–Crippen MR) is 130 cm³/mol. The van der Waals surface area contributed by atoms with Crippen molar-refractivity contribution in [2.24, 2.45) is 7.05 Å². The molecule has 1 N–H and O–H groups in total. The summed E-state index contributed by atoms with van der Waals surface area (Å²) >= 11 is 0.722. The van der Waals surface area contributed by atoms with Crippen molar-refractivity contribution in [2.75, 3.05) is 0 Å². The highest BCUT2D eigenvalue weighted by Gasteiger charge is 2.29. The number of carbonyl (C=O) groups excluding carboxylic acids is 1. The van der Waals surface area contributed by atoms with Gasteiger partial charge in [-0.05, 0) is 25.7 Å². The van der Waals surface area contributed by atoms with Crippen LogP contribution < -0.4 is 5.32 Å². The molecule has 1 aliphatic carbocycles. The van der Waals surface area contributed by atoms with E-state index < -0.39 is 12.3 Å². The highest BCUT2D eigenvalue weighted by Crippen LogP contribution is 2.36. The Morgan fingerprint density at radius 1 is 1.22 bits per heavy atom. The SMILES string of the molecule is Cn1cc(-c2nc3cnc(-n4ccnn4)cc3n2[C@@H]2CCC[C@H](NC(=O)c3ncc(C(F)F)s3)C2)cn1. The van der Waals surface area contributed by atoms with Crippen LogP contribution in [0.3, 0.4) is 0 Å². The van der Waals surface area contributed by atoms with Gasteiger partial charge in [0.15, 0.2) is 10.8 Å². The van der Waals surface area contributed by atoms with Crippen LogP contribution in [-0.4, -0.2) is 56.2 Å². The second-order valence-electron chi connectivity index (χ2n) is 8.95. The van der Waals surface area contributed by atoms with Gasteiger partial charge in [0.05, 0.1) is 40.7 Å². The number of aromatic nitrogens is 9. The average Bonchev–Trinajstić information content (AvgIpc) is 3.69. The van der Waals surface area contributed by atoms with E-state index in [9.17, 15) is 13.6 Å². The first-order valence-electron chi connectivity index (χ1n) is 11.7. The Balaban J connectivity index is 1.34. The average molecular weight is 525 g/mol. The van der Waals surface area contributed by atoms with Crippen LogP contribution in [0.5, 0.6) is 0 Å². The molecule has 1 aliphatic rings. The molecular weight excluding hydrogens is 502 g/mol. The third-order valence-electron chi connectivity index (χ3n) is 6.46. The zero-order chi connectivity index (χ0) is 25.5. The van der Waals surface area contributed by atoms with Crippen LogP contribution in [0.15, 0.2) is 43.2 Å². The van der Waals surface area contributed by atoms with E-state index in [1.165, 1.54) is 0 Å². The molecule has 5 aromatic heterocycles. The Bertz CT molecular complexity index is 1560. The van der Waals surface area contributed by atoms with Gasteiger partial charge in [0.25, 0.3) is 12.3 Å². The Morgan fingerprint density at radius 2 is 2.11 bits per heavy atom. The topological polar surface area (TPSA) is 121 Å². The fourth-order valence-corrected chi connectivity index (χ4v) is 5.50. The summed E-state index contributed by atoms with van der Waals surface area (Å²) in [5.41, 5.74) is 2.49. The highest BCUT2D eigenvalue weighted by atomic mass is 32.1. The van der Waals surface area contributed by atoms with E-state index in [4.69, 9.17) is 4.98 Å². The van der Waals surface area contributed by atoms with Crippen molar-refractivity contribution in [2.45, 2.75) is 44.2 Å². The molecule has 0 unspecified atom stereocenters. The Labute approximate surface area is 213 Å². The minimum atomic E-state index is -2.64. The number of rotatable bonds is 6. The number of thiazole rings is 1. The summed E-state index contributed by atoms with van der Waals surface area (Å²) in [4.78, 5) is 25.8. The number of nitrogens with one attached hydrogen (secondary N) is 1. The van der Waals surface area contributed by atoms with E-state index in [2.05, 4.69) is 35.3 Å². The fourth-order valence-electron chi connectivity index (χ4n) is 4.82. The number of halogens is 2. The van der Waals surface area contributed by atoms with E-state index in [0.29, 0.717) is 12.2 Å². The van der Waals surface area contributed by atoms with Gasteiger partial charge in [-0.2, -0.15) is 5.10 Å². The zero-order valence-corrected chi connectivity index (χ0v) is 20.5. The van der Waals surface area contributed by atoms with Crippen LogP contribution in [-0.2, 0) is 7.05 Å². The Kier molecular flexibility index (Phi) is 5.94. The maximum Gasteiger partial charge on any atom is 0.280 e. The lowest BCUT2D eigenvalue weighted by Crippen LogP contribution is -2.39. The molecule has 0 bridgehead atoms. The number of pyridine rings is 1. The first-order valence-corrected chi connectivity index (χ1v) is 12.6. The molecule has 14 heteroatoms. The lowest BCUT2D eigenvalue weighted by molar-refractivity contribution is 0.0920. The molecule has 190 valence electrons. The monoisotopic (exact) mass is 524 g/mol. The van der Waals surface area contributed by atoms with E-state index >= 15 is 0 Å². The third kappa shape index (κ3) is 4.48. The summed E-state index contributed by atoms with van der Waals surface area (Å²) in [7, 11) is 1.85. The Hall–Kier alpha value is -4.07. The zero-order valence-electron chi connectivity index (χ0n) is 19.7. The number of alkyl halides is 2. The lowest BCUT2D eigenvalue weighted by atomic mass is 9.90. The van der Waals surface area contributed by atoms with Crippen molar-refractivity contribution >= 4 is 28.3 Å². The molecule has 1 saturated carbocycles. The molecule has 1 fully saturated rings. The molecular formula is C23H22F2N10OS. The van der Waals surface area contributed by atoms with E-state index in [-0.39, 0.29) is 22.0 Å². The van der Waals surface area contributed by atoms with Crippen molar-refractivity contribution in [1.29, 1.82) is 0 Å². The van der Waals surface area contributed by atoms with Crippen LogP contribution in [0.25, 0.3) is 28.2 Å². The van der Waals surface area contributed by atoms with Crippen molar-refractivity contribution < 1.29 is 13.6 Å². The van der Waals surface area contributed by atoms with Crippen LogP contribution in [0.4, 0.5) is 8.78 Å². The maximum atomic E-state index is 12.9. The molecule has 0 aromatic carbocycles. The Morgan fingerprint density at radius 3 is 2.84 bits per heavy atom. The first kappa shape index (κ1) is 23.3. The minimum absolute atomic E-state index is 0.0261. The largest absolute Gasteiger partial charge is 0.347 e. The standard InChI is InChI=1S/C23H22F2N10OS/c1-33-12-13(9-29-33)21-31-16-10-26-19(34-6-5-28-32-34)8-17(16)35(21)15-4-2-3-14(7-15)30-22(36)23-27-11-18(37-23)20(24)25/h5-6,8-12,14-15,20H,2-4,7H2,1H3,(H,30,36)/t14-,15+/m0/s1. The molecule has 6 rings (SSSR count). The van der Waals surface area contributed by atoms with Gasteiger partial charge in [0.1, 0.15) is 11.3 Å². The molecule has 11 nitrogen and oxygen atoms in total. The minimum Gasteiger partial charge on any atom is -0.347 e. The summed E-state index contributed by atoms with van der Waals surface area (Å²) in [6, 6.07) is 1.82. The third-order valence-corrected chi connectivity index (χ3v) is 7.46. The van der Waals surface area contributed by atoms with Gasteiger partial charge in [0, 0.05) is 37.6 Å². The number of amides is 1. The van der Waals surface area contributed by atoms with Crippen LogP contribution in [0.1, 0.15) is 52.8 Å². The molecule has 1 amide bonds. The van der Waals surface area contributed by atoms with Crippen molar-refractivity contribution in [3.8, 4) is 17.2 Å². The number of hydrogen-bond acceptors (Lipinski definition) is 8. The van der Waals surface area contributed by atoms with Crippen molar-refractivity contribution in [3.63, 3.8) is 0 Å². The quantitative estimate of drug-likeness (QED) is 0.359. The second kappa shape index (κ2) is 9.42. The van der Waals surface area contributed by atoms with E-state index in [1.54, 1.807) is 34.2 Å². The molecule has 0 aliphatic heterocycles.